The maximum absolute atomic E-state index is 12.8. The Labute approximate surface area is 236 Å². The first kappa shape index (κ1) is 26.7. The van der Waals surface area contributed by atoms with Crippen molar-refractivity contribution in [2.45, 2.75) is 13.5 Å². The lowest BCUT2D eigenvalue weighted by atomic mass is 10.0. The highest BCUT2D eigenvalue weighted by Gasteiger charge is 2.16. The minimum Gasteiger partial charge on any atom is -0.489 e. The molecule has 7 heteroatoms. The van der Waals surface area contributed by atoms with Gasteiger partial charge in [-0.15, -0.1) is 0 Å². The molecular weight excluding hydrogens is 524 g/mol. The fraction of sp³-hybridized carbons (Fsp3) is 0.0606. The first-order valence-electron chi connectivity index (χ1n) is 12.6. The van der Waals surface area contributed by atoms with Gasteiger partial charge in [0.2, 0.25) is 0 Å². The van der Waals surface area contributed by atoms with Gasteiger partial charge >= 0.3 is 5.97 Å². The van der Waals surface area contributed by atoms with Crippen LogP contribution in [0.4, 0.5) is 0 Å². The van der Waals surface area contributed by atoms with Gasteiger partial charge in [0.1, 0.15) is 18.1 Å². The number of nitrogens with one attached hydrogen (secondary N) is 1. The molecule has 5 rings (SSSR count). The number of rotatable bonds is 8. The van der Waals surface area contributed by atoms with Crippen molar-refractivity contribution in [2.75, 3.05) is 0 Å². The number of carbonyl (C=O) groups is 2. The van der Waals surface area contributed by atoms with Gasteiger partial charge in [0.25, 0.3) is 5.91 Å². The standard InChI is InChI=1S/C33H25ClN2O4/c1-22-10-12-23(13-11-22)21-39-26-17-14-25(15-18-26)32(37)36-35-20-29-27-7-3-2-6-24(27)16-19-31(29)40-33(38)28-8-4-5-9-30(28)34/h2-20H,21H2,1H3,(H,36,37)/b35-20+. The Morgan fingerprint density at radius 3 is 2.35 bits per heavy atom. The number of fused-ring (bicyclic) bond motifs is 1. The summed E-state index contributed by atoms with van der Waals surface area (Å²) in [6.07, 6.45) is 1.47. The minimum absolute atomic E-state index is 0.250. The molecule has 40 heavy (non-hydrogen) atoms. The normalized spacial score (nSPS) is 10.9. The molecule has 0 bridgehead atoms. The number of carbonyl (C=O) groups excluding carboxylic acids is 2. The molecule has 0 aliphatic heterocycles. The summed E-state index contributed by atoms with van der Waals surface area (Å²) >= 11 is 6.17. The Balaban J connectivity index is 1.29. The molecule has 0 atom stereocenters. The van der Waals surface area contributed by atoms with Crippen LogP contribution in [0.1, 0.15) is 37.4 Å². The molecule has 1 N–H and O–H groups in total. The smallest absolute Gasteiger partial charge is 0.345 e. The van der Waals surface area contributed by atoms with Crippen LogP contribution in [-0.4, -0.2) is 18.1 Å². The predicted molar refractivity (Wildman–Crippen MR) is 157 cm³/mol. The van der Waals surface area contributed by atoms with Gasteiger partial charge < -0.3 is 9.47 Å². The van der Waals surface area contributed by atoms with Crippen LogP contribution in [-0.2, 0) is 6.61 Å². The number of aryl methyl sites for hydroxylation is 1. The molecule has 0 aliphatic carbocycles. The summed E-state index contributed by atoms with van der Waals surface area (Å²) in [5.74, 6) is -0.0431. The van der Waals surface area contributed by atoms with Crippen molar-refractivity contribution in [2.24, 2.45) is 5.10 Å². The van der Waals surface area contributed by atoms with Gasteiger partial charge in [0, 0.05) is 11.1 Å². The maximum Gasteiger partial charge on any atom is 0.345 e. The molecule has 5 aromatic carbocycles. The van der Waals surface area contributed by atoms with Crippen LogP contribution < -0.4 is 14.9 Å². The Bertz CT molecular complexity index is 1700. The lowest BCUT2D eigenvalue weighted by Gasteiger charge is -2.11. The van der Waals surface area contributed by atoms with E-state index in [0.29, 0.717) is 28.5 Å². The highest BCUT2D eigenvalue weighted by Crippen LogP contribution is 2.28. The van der Waals surface area contributed by atoms with Crippen LogP contribution in [0.2, 0.25) is 5.02 Å². The second kappa shape index (κ2) is 12.3. The molecule has 0 saturated carbocycles. The molecule has 5 aromatic rings. The Morgan fingerprint density at radius 1 is 0.850 bits per heavy atom. The summed E-state index contributed by atoms with van der Waals surface area (Å²) in [7, 11) is 0. The topological polar surface area (TPSA) is 77.0 Å². The lowest BCUT2D eigenvalue weighted by molar-refractivity contribution is 0.0734. The first-order chi connectivity index (χ1) is 19.5. The summed E-state index contributed by atoms with van der Waals surface area (Å²) in [5.41, 5.74) is 6.01. The third-order valence-electron chi connectivity index (χ3n) is 6.23. The molecule has 0 radical (unpaired) electrons. The Kier molecular flexibility index (Phi) is 8.18. The SMILES string of the molecule is Cc1ccc(COc2ccc(C(=O)N/N=C/c3c(OC(=O)c4ccccc4Cl)ccc4ccccc34)cc2)cc1. The monoisotopic (exact) mass is 548 g/mol. The molecular formula is C33H25ClN2O4. The number of hydrogen-bond donors (Lipinski definition) is 1. The molecule has 0 saturated heterocycles. The van der Waals surface area contributed by atoms with E-state index >= 15 is 0 Å². The quantitative estimate of drug-likeness (QED) is 0.0950. The highest BCUT2D eigenvalue weighted by molar-refractivity contribution is 6.33. The zero-order chi connectivity index (χ0) is 27.9. The van der Waals surface area contributed by atoms with Crippen LogP contribution in [0.15, 0.2) is 114 Å². The van der Waals surface area contributed by atoms with E-state index in [4.69, 9.17) is 21.1 Å². The third-order valence-corrected chi connectivity index (χ3v) is 6.56. The van der Waals surface area contributed by atoms with Gasteiger partial charge in [-0.2, -0.15) is 5.10 Å². The molecule has 0 unspecified atom stereocenters. The van der Waals surface area contributed by atoms with Crippen molar-refractivity contribution >= 4 is 40.5 Å². The Hall–Kier alpha value is -4.94. The second-order valence-electron chi connectivity index (χ2n) is 9.07. The average molecular weight is 549 g/mol. The summed E-state index contributed by atoms with van der Waals surface area (Å²) in [5, 5.41) is 6.18. The van der Waals surface area contributed by atoms with E-state index in [-0.39, 0.29) is 11.3 Å². The predicted octanol–water partition coefficient (Wildman–Crippen LogP) is 7.36. The molecule has 1 amide bonds. The third kappa shape index (κ3) is 6.37. The molecule has 198 valence electrons. The van der Waals surface area contributed by atoms with Gasteiger partial charge in [-0.05, 0) is 65.7 Å². The van der Waals surface area contributed by atoms with Crippen LogP contribution in [0.25, 0.3) is 10.8 Å². The fourth-order valence-corrected chi connectivity index (χ4v) is 4.27. The van der Waals surface area contributed by atoms with Gasteiger partial charge in [-0.1, -0.05) is 83.9 Å². The minimum atomic E-state index is -0.593. The van der Waals surface area contributed by atoms with Crippen molar-refractivity contribution in [3.63, 3.8) is 0 Å². The van der Waals surface area contributed by atoms with Crippen molar-refractivity contribution in [3.8, 4) is 11.5 Å². The van der Waals surface area contributed by atoms with E-state index in [1.54, 1.807) is 54.6 Å². The number of benzene rings is 5. The fourth-order valence-electron chi connectivity index (χ4n) is 4.05. The van der Waals surface area contributed by atoms with Gasteiger partial charge in [-0.3, -0.25) is 4.79 Å². The highest BCUT2D eigenvalue weighted by atomic mass is 35.5. The number of hydrogen-bond acceptors (Lipinski definition) is 5. The molecule has 0 spiro atoms. The number of amides is 1. The van der Waals surface area contributed by atoms with Gasteiger partial charge in [0.15, 0.2) is 0 Å². The van der Waals surface area contributed by atoms with Crippen molar-refractivity contribution in [1.29, 1.82) is 0 Å². The average Bonchev–Trinajstić information content (AvgIpc) is 2.98. The molecule has 6 nitrogen and oxygen atoms in total. The molecule has 0 heterocycles. The first-order valence-corrected chi connectivity index (χ1v) is 13.0. The Morgan fingerprint density at radius 2 is 1.57 bits per heavy atom. The zero-order valence-electron chi connectivity index (χ0n) is 21.6. The summed E-state index contributed by atoms with van der Waals surface area (Å²) < 4.78 is 11.5. The number of ether oxygens (including phenoxy) is 2. The van der Waals surface area contributed by atoms with Gasteiger partial charge in [0.05, 0.1) is 16.8 Å². The largest absolute Gasteiger partial charge is 0.489 e. The lowest BCUT2D eigenvalue weighted by Crippen LogP contribution is -2.17. The summed E-state index contributed by atoms with van der Waals surface area (Å²) in [4.78, 5) is 25.6. The summed E-state index contributed by atoms with van der Waals surface area (Å²) in [6.45, 7) is 2.47. The van der Waals surface area contributed by atoms with Crippen LogP contribution >= 0.6 is 11.6 Å². The van der Waals surface area contributed by atoms with Crippen molar-refractivity contribution in [1.82, 2.24) is 5.43 Å². The summed E-state index contributed by atoms with van der Waals surface area (Å²) in [6, 6.07) is 32.8. The van der Waals surface area contributed by atoms with Crippen molar-refractivity contribution < 1.29 is 19.1 Å². The van der Waals surface area contributed by atoms with E-state index < -0.39 is 11.9 Å². The van der Waals surface area contributed by atoms with Crippen LogP contribution in [0.5, 0.6) is 11.5 Å². The maximum atomic E-state index is 12.8. The van der Waals surface area contributed by atoms with E-state index in [9.17, 15) is 9.59 Å². The van der Waals surface area contributed by atoms with Gasteiger partial charge in [-0.25, -0.2) is 10.2 Å². The molecule has 0 aromatic heterocycles. The van der Waals surface area contributed by atoms with Crippen molar-refractivity contribution in [3.05, 3.63) is 142 Å². The molecule has 0 aliphatic rings. The van der Waals surface area contributed by atoms with Crippen LogP contribution in [0, 0.1) is 6.92 Å². The number of nitrogens with zero attached hydrogens (tertiary/aromatic N) is 1. The zero-order valence-corrected chi connectivity index (χ0v) is 22.4. The van der Waals surface area contributed by atoms with E-state index in [1.165, 1.54) is 11.8 Å². The second-order valence-corrected chi connectivity index (χ2v) is 9.47. The number of hydrazone groups is 1. The van der Waals surface area contributed by atoms with E-state index in [0.717, 1.165) is 16.3 Å². The number of halogens is 1. The van der Waals surface area contributed by atoms with E-state index in [2.05, 4.69) is 10.5 Å². The number of esters is 1. The van der Waals surface area contributed by atoms with E-state index in [1.807, 2.05) is 61.5 Å². The van der Waals surface area contributed by atoms with Crippen LogP contribution in [0.3, 0.4) is 0 Å². The molecule has 0 fully saturated rings.